The lowest BCUT2D eigenvalue weighted by atomic mass is 10.2. The van der Waals surface area contributed by atoms with Crippen molar-refractivity contribution in [2.75, 3.05) is 10.8 Å². The molecule has 0 atom stereocenters. The van der Waals surface area contributed by atoms with Gasteiger partial charge in [-0.15, -0.1) is 0 Å². The van der Waals surface area contributed by atoms with Gasteiger partial charge in [0.25, 0.3) is 10.0 Å². The van der Waals surface area contributed by atoms with Crippen LogP contribution in [0.3, 0.4) is 0 Å². The molecule has 3 aromatic rings. The number of rotatable bonds is 7. The summed E-state index contributed by atoms with van der Waals surface area (Å²) in [5, 5.41) is 0. The molecule has 0 heterocycles. The van der Waals surface area contributed by atoms with Crippen molar-refractivity contribution < 1.29 is 13.2 Å². The fourth-order valence-corrected chi connectivity index (χ4v) is 4.16. The molecule has 0 fully saturated rings. The zero-order valence-electron chi connectivity index (χ0n) is 14.6. The van der Waals surface area contributed by atoms with Crippen molar-refractivity contribution in [2.45, 2.75) is 18.4 Å². The number of benzene rings is 3. The summed E-state index contributed by atoms with van der Waals surface area (Å²) < 4.78 is 32.9. The van der Waals surface area contributed by atoms with Gasteiger partial charge in [-0.25, -0.2) is 8.42 Å². The first-order chi connectivity index (χ1) is 12.6. The minimum Gasteiger partial charge on any atom is -0.489 e. The molecule has 4 nitrogen and oxygen atoms in total. The highest BCUT2D eigenvalue weighted by Crippen LogP contribution is 2.25. The number of nitrogens with zero attached hydrogens (tertiary/aromatic N) is 1. The zero-order chi connectivity index (χ0) is 18.4. The molecule has 0 saturated heterocycles. The summed E-state index contributed by atoms with van der Waals surface area (Å²) in [7, 11) is -3.58. The SMILES string of the molecule is CCN(c1ccc(OCc2ccccc2)cc1)S(=O)(=O)c1ccccc1. The van der Waals surface area contributed by atoms with Crippen LogP contribution in [-0.2, 0) is 16.6 Å². The van der Waals surface area contributed by atoms with Crippen molar-refractivity contribution >= 4 is 15.7 Å². The van der Waals surface area contributed by atoms with E-state index in [1.54, 1.807) is 54.6 Å². The smallest absolute Gasteiger partial charge is 0.264 e. The first-order valence-corrected chi connectivity index (χ1v) is 9.90. The van der Waals surface area contributed by atoms with Crippen LogP contribution in [0.1, 0.15) is 12.5 Å². The Morgan fingerprint density at radius 2 is 1.38 bits per heavy atom. The first-order valence-electron chi connectivity index (χ1n) is 8.46. The van der Waals surface area contributed by atoms with Gasteiger partial charge in [0.2, 0.25) is 0 Å². The third kappa shape index (κ3) is 4.06. The van der Waals surface area contributed by atoms with E-state index >= 15 is 0 Å². The minimum atomic E-state index is -3.58. The first kappa shape index (κ1) is 18.0. The Bertz CT molecular complexity index is 924. The second kappa shape index (κ2) is 8.06. The maximum atomic E-state index is 12.9. The summed E-state index contributed by atoms with van der Waals surface area (Å²) in [5.41, 5.74) is 1.70. The zero-order valence-corrected chi connectivity index (χ0v) is 15.4. The predicted molar refractivity (Wildman–Crippen MR) is 104 cm³/mol. The summed E-state index contributed by atoms with van der Waals surface area (Å²) >= 11 is 0. The van der Waals surface area contributed by atoms with Gasteiger partial charge in [0.15, 0.2) is 0 Å². The van der Waals surface area contributed by atoms with Crippen molar-refractivity contribution in [3.63, 3.8) is 0 Å². The largest absolute Gasteiger partial charge is 0.489 e. The van der Waals surface area contributed by atoms with Crippen molar-refractivity contribution in [2.24, 2.45) is 0 Å². The lowest BCUT2D eigenvalue weighted by Gasteiger charge is -2.23. The van der Waals surface area contributed by atoms with Crippen LogP contribution < -0.4 is 9.04 Å². The molecule has 134 valence electrons. The molecule has 0 radical (unpaired) electrons. The molecule has 0 spiro atoms. The van der Waals surface area contributed by atoms with E-state index in [2.05, 4.69) is 0 Å². The summed E-state index contributed by atoms with van der Waals surface area (Å²) in [6, 6.07) is 25.5. The molecule has 0 unspecified atom stereocenters. The van der Waals surface area contributed by atoms with Crippen molar-refractivity contribution in [1.82, 2.24) is 0 Å². The van der Waals surface area contributed by atoms with Gasteiger partial charge < -0.3 is 4.74 Å². The van der Waals surface area contributed by atoms with Gasteiger partial charge in [0.05, 0.1) is 10.6 Å². The van der Waals surface area contributed by atoms with Crippen LogP contribution in [-0.4, -0.2) is 15.0 Å². The second-order valence-corrected chi connectivity index (χ2v) is 7.61. The summed E-state index contributed by atoms with van der Waals surface area (Å²) in [4.78, 5) is 0.284. The molecule has 0 aliphatic rings. The number of hydrogen-bond donors (Lipinski definition) is 0. The highest BCUT2D eigenvalue weighted by molar-refractivity contribution is 7.92. The molecule has 5 heteroatoms. The average molecular weight is 367 g/mol. The summed E-state index contributed by atoms with van der Waals surface area (Å²) in [5.74, 6) is 0.700. The number of ether oxygens (including phenoxy) is 1. The Labute approximate surface area is 154 Å². The van der Waals surface area contributed by atoms with Gasteiger partial charge >= 0.3 is 0 Å². The molecule has 26 heavy (non-hydrogen) atoms. The fourth-order valence-electron chi connectivity index (χ4n) is 2.66. The third-order valence-electron chi connectivity index (χ3n) is 3.99. The molecule has 3 aromatic carbocycles. The molecule has 0 aliphatic heterocycles. The van der Waals surface area contributed by atoms with Crippen molar-refractivity contribution in [3.8, 4) is 5.75 Å². The Hall–Kier alpha value is -2.79. The van der Waals surface area contributed by atoms with Crippen molar-refractivity contribution in [1.29, 1.82) is 0 Å². The average Bonchev–Trinajstić information content (AvgIpc) is 2.69. The summed E-state index contributed by atoms with van der Waals surface area (Å²) in [6.07, 6.45) is 0. The lowest BCUT2D eigenvalue weighted by molar-refractivity contribution is 0.306. The molecule has 0 aromatic heterocycles. The number of hydrogen-bond acceptors (Lipinski definition) is 3. The lowest BCUT2D eigenvalue weighted by Crippen LogP contribution is -2.30. The molecular weight excluding hydrogens is 346 g/mol. The van der Waals surface area contributed by atoms with E-state index in [-0.39, 0.29) is 4.90 Å². The quantitative estimate of drug-likeness (QED) is 0.618. The van der Waals surface area contributed by atoms with E-state index in [4.69, 9.17) is 4.74 Å². The topological polar surface area (TPSA) is 46.6 Å². The Morgan fingerprint density at radius 1 is 0.808 bits per heavy atom. The van der Waals surface area contributed by atoms with Crippen LogP contribution in [0.5, 0.6) is 5.75 Å². The second-order valence-electron chi connectivity index (χ2n) is 5.75. The standard InChI is InChI=1S/C21H21NO3S/c1-2-22(26(23,24)21-11-7-4-8-12-21)19-13-15-20(16-14-19)25-17-18-9-5-3-6-10-18/h3-16H,2,17H2,1H3. The van der Waals surface area contributed by atoms with Crippen LogP contribution >= 0.6 is 0 Å². The van der Waals surface area contributed by atoms with Crippen LogP contribution in [0.2, 0.25) is 0 Å². The molecule has 3 rings (SSSR count). The Morgan fingerprint density at radius 3 is 1.96 bits per heavy atom. The third-order valence-corrected chi connectivity index (χ3v) is 5.91. The molecule has 0 bridgehead atoms. The van der Waals surface area contributed by atoms with E-state index in [0.29, 0.717) is 24.6 Å². The molecule has 0 amide bonds. The van der Waals surface area contributed by atoms with Crippen LogP contribution in [0.4, 0.5) is 5.69 Å². The molecular formula is C21H21NO3S. The van der Waals surface area contributed by atoms with Gasteiger partial charge in [-0.05, 0) is 48.9 Å². The van der Waals surface area contributed by atoms with E-state index in [1.165, 1.54) is 4.31 Å². The molecule has 0 saturated carbocycles. The molecule has 0 N–H and O–H groups in total. The van der Waals surface area contributed by atoms with Crippen molar-refractivity contribution in [3.05, 3.63) is 90.5 Å². The van der Waals surface area contributed by atoms with Crippen LogP contribution in [0.25, 0.3) is 0 Å². The predicted octanol–water partition coefficient (Wildman–Crippen LogP) is 4.48. The maximum Gasteiger partial charge on any atom is 0.264 e. The highest BCUT2D eigenvalue weighted by atomic mass is 32.2. The number of sulfonamides is 1. The van der Waals surface area contributed by atoms with E-state index in [9.17, 15) is 8.42 Å². The Kier molecular flexibility index (Phi) is 5.58. The van der Waals surface area contributed by atoms with Crippen LogP contribution in [0, 0.1) is 0 Å². The van der Waals surface area contributed by atoms with Crippen LogP contribution in [0.15, 0.2) is 89.8 Å². The molecule has 0 aliphatic carbocycles. The maximum absolute atomic E-state index is 12.9. The highest BCUT2D eigenvalue weighted by Gasteiger charge is 2.23. The van der Waals surface area contributed by atoms with Gasteiger partial charge in [-0.3, -0.25) is 4.31 Å². The van der Waals surface area contributed by atoms with E-state index < -0.39 is 10.0 Å². The van der Waals surface area contributed by atoms with Gasteiger partial charge in [-0.2, -0.15) is 0 Å². The van der Waals surface area contributed by atoms with Gasteiger partial charge in [0, 0.05) is 6.54 Å². The van der Waals surface area contributed by atoms with Gasteiger partial charge in [-0.1, -0.05) is 48.5 Å². The Balaban J connectivity index is 1.76. The fraction of sp³-hybridized carbons (Fsp3) is 0.143. The summed E-state index contributed by atoms with van der Waals surface area (Å²) in [6.45, 7) is 2.64. The monoisotopic (exact) mass is 367 g/mol. The number of anilines is 1. The van der Waals surface area contributed by atoms with E-state index in [1.807, 2.05) is 37.3 Å². The van der Waals surface area contributed by atoms with Gasteiger partial charge in [0.1, 0.15) is 12.4 Å². The van der Waals surface area contributed by atoms with E-state index in [0.717, 1.165) is 5.56 Å². The minimum absolute atomic E-state index is 0.284. The normalized spacial score (nSPS) is 11.1.